The molecule has 0 radical (unpaired) electrons. The van der Waals surface area contributed by atoms with Crippen molar-refractivity contribution in [3.63, 3.8) is 0 Å². The lowest BCUT2D eigenvalue weighted by Gasteiger charge is -2.06. The first-order valence-electron chi connectivity index (χ1n) is 6.49. The van der Waals surface area contributed by atoms with E-state index in [0.29, 0.717) is 16.5 Å². The molecule has 0 fully saturated rings. The van der Waals surface area contributed by atoms with Gasteiger partial charge in [0.2, 0.25) is 9.84 Å². The smallest absolute Gasteiger partial charge is 0.218 e. The number of hydrogen-bond donors (Lipinski definition) is 1. The molecule has 5 nitrogen and oxygen atoms in total. The molecule has 0 spiro atoms. The highest BCUT2D eigenvalue weighted by atomic mass is 35.5. The van der Waals surface area contributed by atoms with Gasteiger partial charge in [-0.25, -0.2) is 8.42 Å². The number of nitrogens with one attached hydrogen (secondary N) is 1. The monoisotopic (exact) mass is 348 g/mol. The van der Waals surface area contributed by atoms with Crippen LogP contribution in [0, 0.1) is 11.3 Å². The first-order chi connectivity index (χ1) is 11.0. The molecule has 0 heterocycles. The first-order valence-corrected chi connectivity index (χ1v) is 8.35. The maximum absolute atomic E-state index is 12.5. The average Bonchev–Trinajstić information content (AvgIpc) is 2.55. The molecule has 118 valence electrons. The Bertz CT molecular complexity index is 869. The van der Waals surface area contributed by atoms with Crippen LogP contribution in [-0.4, -0.2) is 15.5 Å². The van der Waals surface area contributed by atoms with Crippen LogP contribution in [0.5, 0.6) is 5.75 Å². The predicted molar refractivity (Wildman–Crippen MR) is 89.0 cm³/mol. The van der Waals surface area contributed by atoms with Gasteiger partial charge in [0, 0.05) is 16.9 Å². The fourth-order valence-electron chi connectivity index (χ4n) is 1.78. The van der Waals surface area contributed by atoms with Crippen LogP contribution in [0.15, 0.2) is 64.5 Å². The van der Waals surface area contributed by atoms with Crippen molar-refractivity contribution in [2.24, 2.45) is 0 Å². The Kier molecular flexibility index (Phi) is 5.27. The molecule has 0 aliphatic carbocycles. The summed E-state index contributed by atoms with van der Waals surface area (Å²) in [4.78, 5) is -0.387. The standard InChI is InChI=1S/C16H13ClN2O3S/c1-22-14-5-7-15(8-6-14)23(20,21)16(10-18)11-19-13-4-2-3-12(17)9-13/h2-9,11,19H,1H3/b16-11+. The number of anilines is 1. The van der Waals surface area contributed by atoms with Gasteiger partial charge < -0.3 is 10.1 Å². The van der Waals surface area contributed by atoms with Crippen LogP contribution < -0.4 is 10.1 Å². The number of hydrogen-bond acceptors (Lipinski definition) is 5. The van der Waals surface area contributed by atoms with Gasteiger partial charge in [-0.2, -0.15) is 5.26 Å². The molecular weight excluding hydrogens is 336 g/mol. The molecule has 0 saturated carbocycles. The maximum atomic E-state index is 12.5. The van der Waals surface area contributed by atoms with Crippen LogP contribution in [0.25, 0.3) is 0 Å². The number of ether oxygens (including phenoxy) is 1. The summed E-state index contributed by atoms with van der Waals surface area (Å²) in [6, 6.07) is 14.2. The fraction of sp³-hybridized carbons (Fsp3) is 0.0625. The van der Waals surface area contributed by atoms with Gasteiger partial charge in [0.05, 0.1) is 12.0 Å². The second-order valence-electron chi connectivity index (χ2n) is 4.45. The van der Waals surface area contributed by atoms with Gasteiger partial charge in [0.15, 0.2) is 4.91 Å². The van der Waals surface area contributed by atoms with E-state index in [9.17, 15) is 8.42 Å². The zero-order valence-corrected chi connectivity index (χ0v) is 13.7. The van der Waals surface area contributed by atoms with Gasteiger partial charge in [0.25, 0.3) is 0 Å². The summed E-state index contributed by atoms with van der Waals surface area (Å²) in [5.74, 6) is 0.531. The van der Waals surface area contributed by atoms with Crippen molar-refractivity contribution in [3.8, 4) is 11.8 Å². The molecule has 0 atom stereocenters. The molecule has 0 saturated heterocycles. The van der Waals surface area contributed by atoms with Crippen LogP contribution in [0.3, 0.4) is 0 Å². The number of rotatable bonds is 5. The minimum atomic E-state index is -3.91. The third-order valence-electron chi connectivity index (χ3n) is 2.96. The van der Waals surface area contributed by atoms with Crippen LogP contribution in [0.1, 0.15) is 0 Å². The Balaban J connectivity index is 2.31. The van der Waals surface area contributed by atoms with Gasteiger partial charge in [-0.1, -0.05) is 17.7 Å². The lowest BCUT2D eigenvalue weighted by atomic mass is 10.3. The van der Waals surface area contributed by atoms with Crippen LogP contribution in [-0.2, 0) is 9.84 Å². The van der Waals surface area contributed by atoms with Gasteiger partial charge in [-0.3, -0.25) is 0 Å². The molecule has 0 amide bonds. The number of benzene rings is 2. The van der Waals surface area contributed by atoms with Crippen LogP contribution in [0.2, 0.25) is 5.02 Å². The lowest BCUT2D eigenvalue weighted by molar-refractivity contribution is 0.414. The largest absolute Gasteiger partial charge is 0.497 e. The summed E-state index contributed by atoms with van der Waals surface area (Å²) in [6.45, 7) is 0. The van der Waals surface area contributed by atoms with Crippen molar-refractivity contribution in [3.05, 3.63) is 64.7 Å². The summed E-state index contributed by atoms with van der Waals surface area (Å²) in [7, 11) is -2.42. The highest BCUT2D eigenvalue weighted by Crippen LogP contribution is 2.22. The van der Waals surface area contributed by atoms with Crippen molar-refractivity contribution in [1.29, 1.82) is 5.26 Å². The summed E-state index contributed by atoms with van der Waals surface area (Å²) >= 11 is 5.85. The maximum Gasteiger partial charge on any atom is 0.218 e. The van der Waals surface area contributed by atoms with Gasteiger partial charge in [0.1, 0.15) is 11.8 Å². The highest BCUT2D eigenvalue weighted by molar-refractivity contribution is 7.95. The van der Waals surface area contributed by atoms with E-state index in [1.54, 1.807) is 30.3 Å². The molecule has 2 rings (SSSR count). The topological polar surface area (TPSA) is 79.2 Å². The zero-order valence-electron chi connectivity index (χ0n) is 12.2. The minimum Gasteiger partial charge on any atom is -0.497 e. The Morgan fingerprint density at radius 3 is 2.52 bits per heavy atom. The Hall–Kier alpha value is -2.49. The molecule has 1 N–H and O–H groups in total. The van der Waals surface area contributed by atoms with Crippen molar-refractivity contribution in [2.75, 3.05) is 12.4 Å². The van der Waals surface area contributed by atoms with Crippen molar-refractivity contribution < 1.29 is 13.2 Å². The Labute approximate surface area is 139 Å². The van der Waals surface area contributed by atoms with E-state index in [1.165, 1.54) is 31.4 Å². The SMILES string of the molecule is COc1ccc(S(=O)(=O)/C(C#N)=C/Nc2cccc(Cl)c2)cc1. The molecule has 23 heavy (non-hydrogen) atoms. The highest BCUT2D eigenvalue weighted by Gasteiger charge is 2.20. The molecule has 0 unspecified atom stereocenters. The molecule has 2 aromatic carbocycles. The van der Waals surface area contributed by atoms with Gasteiger partial charge in [-0.05, 0) is 42.5 Å². The molecular formula is C16H13ClN2O3S. The van der Waals surface area contributed by atoms with E-state index in [1.807, 2.05) is 0 Å². The van der Waals surface area contributed by atoms with E-state index < -0.39 is 14.7 Å². The zero-order chi connectivity index (χ0) is 16.9. The van der Waals surface area contributed by atoms with Crippen LogP contribution in [0.4, 0.5) is 5.69 Å². The van der Waals surface area contributed by atoms with E-state index in [0.717, 1.165) is 6.20 Å². The second-order valence-corrected chi connectivity index (χ2v) is 6.81. The molecule has 0 aliphatic rings. The Morgan fingerprint density at radius 2 is 1.96 bits per heavy atom. The van der Waals surface area contributed by atoms with E-state index in [-0.39, 0.29) is 4.90 Å². The van der Waals surface area contributed by atoms with Gasteiger partial charge >= 0.3 is 0 Å². The summed E-state index contributed by atoms with van der Waals surface area (Å²) < 4.78 is 29.9. The third kappa shape index (κ3) is 4.03. The molecule has 0 aromatic heterocycles. The third-order valence-corrected chi connectivity index (χ3v) is 4.88. The van der Waals surface area contributed by atoms with Crippen molar-refractivity contribution in [2.45, 2.75) is 4.90 Å². The molecule has 2 aromatic rings. The van der Waals surface area contributed by atoms with Crippen molar-refractivity contribution >= 4 is 27.1 Å². The summed E-state index contributed by atoms with van der Waals surface area (Å²) in [5, 5.41) is 12.4. The number of allylic oxidation sites excluding steroid dienone is 1. The Morgan fingerprint density at radius 1 is 1.26 bits per heavy atom. The molecule has 0 aliphatic heterocycles. The normalized spacial score (nSPS) is 11.6. The second kappa shape index (κ2) is 7.18. The number of nitrogens with zero attached hydrogens (tertiary/aromatic N) is 1. The van der Waals surface area contributed by atoms with E-state index in [2.05, 4.69) is 5.32 Å². The van der Waals surface area contributed by atoms with Crippen LogP contribution >= 0.6 is 11.6 Å². The number of nitriles is 1. The summed E-state index contributed by atoms with van der Waals surface area (Å²) in [5.41, 5.74) is 0.579. The molecule has 7 heteroatoms. The van der Waals surface area contributed by atoms with Crippen molar-refractivity contribution in [1.82, 2.24) is 0 Å². The number of methoxy groups -OCH3 is 1. The predicted octanol–water partition coefficient (Wildman–Crippen LogP) is 3.60. The minimum absolute atomic E-state index is 0.0130. The van der Waals surface area contributed by atoms with Gasteiger partial charge in [-0.15, -0.1) is 0 Å². The quantitative estimate of drug-likeness (QED) is 0.835. The van der Waals surface area contributed by atoms with E-state index in [4.69, 9.17) is 21.6 Å². The number of halogens is 1. The molecule has 0 bridgehead atoms. The average molecular weight is 349 g/mol. The van der Waals surface area contributed by atoms with E-state index >= 15 is 0 Å². The first kappa shape index (κ1) is 16.9. The number of sulfone groups is 1. The summed E-state index contributed by atoms with van der Waals surface area (Å²) in [6.07, 6.45) is 1.14. The fourth-order valence-corrected chi connectivity index (χ4v) is 3.05. The lowest BCUT2D eigenvalue weighted by Crippen LogP contribution is -2.05.